The number of halogens is 1. The fourth-order valence-electron chi connectivity index (χ4n) is 1.62. The van der Waals surface area contributed by atoms with Gasteiger partial charge in [0.15, 0.2) is 5.43 Å². The summed E-state index contributed by atoms with van der Waals surface area (Å²) in [4.78, 5) is 26.5. The number of benzene rings is 1. The second-order valence-electron chi connectivity index (χ2n) is 3.93. The largest absolute Gasteiger partial charge is 0.389 e. The molecule has 2 aromatic rings. The maximum absolute atomic E-state index is 12.1. The van der Waals surface area contributed by atoms with Gasteiger partial charge >= 0.3 is 0 Å². The number of nitrogens with two attached hydrogens (primary N) is 1. The summed E-state index contributed by atoms with van der Waals surface area (Å²) in [5.41, 5.74) is 6.23. The molecule has 0 bridgehead atoms. The number of H-pyrrole nitrogens is 1. The monoisotopic (exact) mass is 351 g/mol. The number of aromatic nitrogens is 1. The normalized spacial score (nSPS) is 10.1. The number of aromatic amines is 1. The molecular weight excluding hydrogens is 342 g/mol. The molecule has 0 saturated carbocycles. The van der Waals surface area contributed by atoms with E-state index in [1.165, 1.54) is 18.5 Å². The van der Waals surface area contributed by atoms with Crippen molar-refractivity contribution >= 4 is 44.7 Å². The van der Waals surface area contributed by atoms with E-state index in [1.807, 2.05) is 0 Å². The van der Waals surface area contributed by atoms with Gasteiger partial charge in [-0.3, -0.25) is 9.59 Å². The van der Waals surface area contributed by atoms with Crippen molar-refractivity contribution in [3.05, 3.63) is 62.5 Å². The van der Waals surface area contributed by atoms with Gasteiger partial charge in [0.25, 0.3) is 5.91 Å². The van der Waals surface area contributed by atoms with Crippen molar-refractivity contribution in [3.63, 3.8) is 0 Å². The third kappa shape index (κ3) is 3.12. The Labute approximate surface area is 128 Å². The van der Waals surface area contributed by atoms with Gasteiger partial charge in [0.2, 0.25) is 0 Å². The van der Waals surface area contributed by atoms with Crippen molar-refractivity contribution in [1.29, 1.82) is 0 Å². The highest BCUT2D eigenvalue weighted by Crippen LogP contribution is 2.21. The van der Waals surface area contributed by atoms with Crippen molar-refractivity contribution in [3.8, 4) is 0 Å². The van der Waals surface area contributed by atoms with Crippen molar-refractivity contribution in [1.82, 2.24) is 4.98 Å². The lowest BCUT2D eigenvalue weighted by Crippen LogP contribution is -2.22. The third-order valence-corrected chi connectivity index (χ3v) is 3.28. The topological polar surface area (TPSA) is 88.0 Å². The molecule has 0 fully saturated rings. The molecule has 0 unspecified atom stereocenters. The maximum Gasteiger partial charge on any atom is 0.261 e. The van der Waals surface area contributed by atoms with Crippen LogP contribution in [-0.2, 0) is 0 Å². The van der Waals surface area contributed by atoms with Gasteiger partial charge in [-0.15, -0.1) is 0 Å². The van der Waals surface area contributed by atoms with Crippen LogP contribution in [0.15, 0.2) is 45.9 Å². The summed E-state index contributed by atoms with van der Waals surface area (Å²) in [6, 6.07) is 6.41. The summed E-state index contributed by atoms with van der Waals surface area (Å²) in [6.07, 6.45) is 2.80. The Bertz CT molecular complexity index is 742. The zero-order chi connectivity index (χ0) is 14.7. The highest BCUT2D eigenvalue weighted by Gasteiger charge is 2.13. The first-order valence-electron chi connectivity index (χ1n) is 5.57. The molecule has 0 aliphatic heterocycles. The maximum atomic E-state index is 12.1. The number of carbonyl (C=O) groups excluding carboxylic acids is 1. The van der Waals surface area contributed by atoms with Gasteiger partial charge in [-0.05, 0) is 18.2 Å². The van der Waals surface area contributed by atoms with Crippen molar-refractivity contribution in [2.75, 3.05) is 5.32 Å². The Kier molecular flexibility index (Phi) is 4.31. The number of carbonyl (C=O) groups is 1. The van der Waals surface area contributed by atoms with Crippen molar-refractivity contribution in [2.45, 2.75) is 0 Å². The fourth-order valence-corrected chi connectivity index (χ4v) is 2.16. The molecule has 1 aromatic carbocycles. The lowest BCUT2D eigenvalue weighted by atomic mass is 10.1. The third-order valence-electron chi connectivity index (χ3n) is 2.56. The van der Waals surface area contributed by atoms with E-state index in [-0.39, 0.29) is 16.0 Å². The van der Waals surface area contributed by atoms with Crippen LogP contribution in [0.2, 0.25) is 0 Å². The molecule has 1 heterocycles. The molecule has 1 amide bonds. The molecule has 0 atom stereocenters. The first kappa shape index (κ1) is 14.4. The Hall–Kier alpha value is -1.99. The van der Waals surface area contributed by atoms with E-state index < -0.39 is 5.91 Å². The number of thiocarbonyl (C=S) groups is 1. The number of amides is 1. The molecule has 0 radical (unpaired) electrons. The highest BCUT2D eigenvalue weighted by molar-refractivity contribution is 9.10. The minimum absolute atomic E-state index is 0.0152. The summed E-state index contributed by atoms with van der Waals surface area (Å²) in [5, 5.41) is 2.63. The van der Waals surface area contributed by atoms with Crippen LogP contribution in [0.1, 0.15) is 15.9 Å². The zero-order valence-electron chi connectivity index (χ0n) is 10.1. The van der Waals surface area contributed by atoms with Crippen LogP contribution in [0, 0.1) is 0 Å². The fraction of sp³-hybridized carbons (Fsp3) is 0. The van der Waals surface area contributed by atoms with Gasteiger partial charge in [-0.25, -0.2) is 0 Å². The van der Waals surface area contributed by atoms with Gasteiger partial charge in [0, 0.05) is 28.5 Å². The molecule has 102 valence electrons. The predicted octanol–water partition coefficient (Wildman–Crippen LogP) is 2.02. The summed E-state index contributed by atoms with van der Waals surface area (Å²) in [5.74, 6) is -0.526. The molecule has 0 saturated heterocycles. The number of nitrogens with one attached hydrogen (secondary N) is 2. The molecule has 4 N–H and O–H groups in total. The summed E-state index contributed by atoms with van der Waals surface area (Å²) < 4.78 is 0.759. The quantitative estimate of drug-likeness (QED) is 0.738. The van der Waals surface area contributed by atoms with E-state index >= 15 is 0 Å². The Morgan fingerprint density at radius 1 is 1.30 bits per heavy atom. The lowest BCUT2D eigenvalue weighted by molar-refractivity contribution is 0.102. The molecule has 5 nitrogen and oxygen atoms in total. The SMILES string of the molecule is NC(=S)c1ccc(Br)cc1NC(=O)c1c[nH]ccc1=O. The van der Waals surface area contributed by atoms with Crippen LogP contribution in [0.3, 0.4) is 0 Å². The number of rotatable bonds is 3. The smallest absolute Gasteiger partial charge is 0.261 e. The number of hydrogen-bond acceptors (Lipinski definition) is 3. The van der Waals surface area contributed by atoms with Crippen molar-refractivity contribution < 1.29 is 4.79 Å². The molecule has 1 aromatic heterocycles. The van der Waals surface area contributed by atoms with Gasteiger partial charge in [0.05, 0.1) is 5.69 Å². The molecule has 0 spiro atoms. The van der Waals surface area contributed by atoms with Crippen LogP contribution < -0.4 is 16.5 Å². The lowest BCUT2D eigenvalue weighted by Gasteiger charge is -2.10. The van der Waals surface area contributed by atoms with E-state index in [0.29, 0.717) is 11.3 Å². The van der Waals surface area contributed by atoms with E-state index in [1.54, 1.807) is 18.2 Å². The molecule has 0 aliphatic rings. The second kappa shape index (κ2) is 5.98. The number of hydrogen-bond donors (Lipinski definition) is 3. The van der Waals surface area contributed by atoms with Crippen LogP contribution in [-0.4, -0.2) is 15.9 Å². The number of anilines is 1. The standard InChI is InChI=1S/C13H10BrN3O2S/c14-7-1-2-8(12(15)20)10(5-7)17-13(19)9-6-16-4-3-11(9)18/h1-6H,(H2,15,20)(H,16,18)(H,17,19). The molecular formula is C13H10BrN3O2S. The molecule has 2 rings (SSSR count). The Morgan fingerprint density at radius 2 is 2.05 bits per heavy atom. The Balaban J connectivity index is 2.38. The van der Waals surface area contributed by atoms with E-state index in [2.05, 4.69) is 26.2 Å². The van der Waals surface area contributed by atoms with Gasteiger partial charge in [-0.1, -0.05) is 28.1 Å². The van der Waals surface area contributed by atoms with Crippen LogP contribution in [0.25, 0.3) is 0 Å². The summed E-state index contributed by atoms with van der Waals surface area (Å²) >= 11 is 8.23. The minimum atomic E-state index is -0.526. The van der Waals surface area contributed by atoms with Crippen LogP contribution in [0.5, 0.6) is 0 Å². The predicted molar refractivity (Wildman–Crippen MR) is 85.0 cm³/mol. The number of pyridine rings is 1. The van der Waals surface area contributed by atoms with Gasteiger partial charge < -0.3 is 16.0 Å². The van der Waals surface area contributed by atoms with Crippen molar-refractivity contribution in [2.24, 2.45) is 5.73 Å². The molecule has 0 aliphatic carbocycles. The van der Waals surface area contributed by atoms with Crippen LogP contribution in [0.4, 0.5) is 5.69 Å². The Morgan fingerprint density at radius 3 is 2.70 bits per heavy atom. The van der Waals surface area contributed by atoms with Gasteiger partial charge in [0.1, 0.15) is 10.6 Å². The molecule has 20 heavy (non-hydrogen) atoms. The minimum Gasteiger partial charge on any atom is -0.389 e. The van der Waals surface area contributed by atoms with E-state index in [9.17, 15) is 9.59 Å². The summed E-state index contributed by atoms with van der Waals surface area (Å²) in [6.45, 7) is 0. The average Bonchev–Trinajstić information content (AvgIpc) is 2.38. The van der Waals surface area contributed by atoms with Gasteiger partial charge in [-0.2, -0.15) is 0 Å². The zero-order valence-corrected chi connectivity index (χ0v) is 12.5. The average molecular weight is 352 g/mol. The molecule has 7 heteroatoms. The van der Waals surface area contributed by atoms with Crippen LogP contribution >= 0.6 is 28.1 Å². The first-order valence-corrected chi connectivity index (χ1v) is 6.77. The highest BCUT2D eigenvalue weighted by atomic mass is 79.9. The summed E-state index contributed by atoms with van der Waals surface area (Å²) in [7, 11) is 0. The second-order valence-corrected chi connectivity index (χ2v) is 5.29. The first-order chi connectivity index (χ1) is 9.49. The van der Waals surface area contributed by atoms with E-state index in [4.69, 9.17) is 18.0 Å². The van der Waals surface area contributed by atoms with E-state index in [0.717, 1.165) is 4.47 Å².